The second-order valence-corrected chi connectivity index (χ2v) is 8.37. The lowest BCUT2D eigenvalue weighted by molar-refractivity contribution is 0.582. The third kappa shape index (κ3) is 4.25. The minimum Gasteiger partial charge on any atom is -0.260 e. The summed E-state index contributed by atoms with van der Waals surface area (Å²) in [6.45, 7) is 0.312. The van der Waals surface area contributed by atoms with Crippen molar-refractivity contribution in [3.05, 3.63) is 15.9 Å². The summed E-state index contributed by atoms with van der Waals surface area (Å²) in [6.07, 6.45) is 2.18. The highest BCUT2D eigenvalue weighted by Crippen LogP contribution is 2.27. The highest BCUT2D eigenvalue weighted by atomic mass is 79.9. The van der Waals surface area contributed by atoms with Crippen LogP contribution in [0.4, 0.5) is 0 Å². The van der Waals surface area contributed by atoms with Crippen LogP contribution < -0.4 is 4.72 Å². The largest absolute Gasteiger partial charge is 0.260 e. The normalized spacial score (nSPS) is 13.9. The predicted octanol–water partition coefficient (Wildman–Crippen LogP) is 1.56. The fourth-order valence-corrected chi connectivity index (χ4v) is 5.02. The van der Waals surface area contributed by atoms with Crippen LogP contribution >= 0.6 is 27.3 Å². The van der Waals surface area contributed by atoms with E-state index in [1.54, 1.807) is 17.7 Å². The van der Waals surface area contributed by atoms with Gasteiger partial charge in [-0.2, -0.15) is 0 Å². The van der Waals surface area contributed by atoms with Crippen molar-refractivity contribution in [2.45, 2.75) is 10.6 Å². The van der Waals surface area contributed by atoms with E-state index < -0.39 is 20.8 Å². The van der Waals surface area contributed by atoms with E-state index in [2.05, 4.69) is 20.7 Å². The second kappa shape index (κ2) is 6.25. The van der Waals surface area contributed by atoms with Crippen LogP contribution in [0.3, 0.4) is 0 Å². The van der Waals surface area contributed by atoms with Gasteiger partial charge < -0.3 is 0 Å². The van der Waals surface area contributed by atoms with Gasteiger partial charge in [-0.25, -0.2) is 13.1 Å². The molecule has 0 spiro atoms. The molecule has 16 heavy (non-hydrogen) atoms. The molecule has 0 fully saturated rings. The summed E-state index contributed by atoms with van der Waals surface area (Å²) in [5.41, 5.74) is 0. The molecule has 0 saturated carbocycles. The zero-order valence-electron chi connectivity index (χ0n) is 8.60. The number of halogens is 1. The van der Waals surface area contributed by atoms with Crippen molar-refractivity contribution in [3.63, 3.8) is 0 Å². The number of sulfonamides is 1. The summed E-state index contributed by atoms with van der Waals surface area (Å²) < 4.78 is 37.6. The van der Waals surface area contributed by atoms with E-state index in [1.807, 2.05) is 0 Å². The maximum absolute atomic E-state index is 11.8. The lowest BCUT2D eigenvalue weighted by atomic mass is 10.5. The molecule has 1 heterocycles. The van der Waals surface area contributed by atoms with Crippen molar-refractivity contribution in [2.24, 2.45) is 0 Å². The molecule has 0 aliphatic heterocycles. The van der Waals surface area contributed by atoms with Gasteiger partial charge in [0.2, 0.25) is 0 Å². The molecule has 1 rings (SSSR count). The minimum atomic E-state index is -3.42. The van der Waals surface area contributed by atoms with Gasteiger partial charge >= 0.3 is 0 Å². The van der Waals surface area contributed by atoms with E-state index in [4.69, 9.17) is 0 Å². The first-order chi connectivity index (χ1) is 7.43. The molecule has 0 aromatic carbocycles. The van der Waals surface area contributed by atoms with Crippen molar-refractivity contribution < 1.29 is 12.6 Å². The van der Waals surface area contributed by atoms with Crippen molar-refractivity contribution in [1.82, 2.24) is 4.72 Å². The van der Waals surface area contributed by atoms with Gasteiger partial charge in [-0.15, -0.1) is 11.3 Å². The van der Waals surface area contributed by atoms with E-state index in [0.717, 1.165) is 11.3 Å². The summed E-state index contributed by atoms with van der Waals surface area (Å²) in [4.78, 5) is 0. The van der Waals surface area contributed by atoms with Crippen molar-refractivity contribution in [3.8, 4) is 0 Å². The van der Waals surface area contributed by atoms with E-state index in [1.165, 1.54) is 0 Å². The fraction of sp³-hybridized carbons (Fsp3) is 0.500. The molecule has 0 aliphatic carbocycles. The standard InChI is InChI=1S/C8H12BrNO3S3/c1-15(11)6-2-4-10-16(12,13)8-7(9)3-5-14-8/h3,5,10H,2,4,6H2,1H3. The van der Waals surface area contributed by atoms with Gasteiger partial charge in [0.15, 0.2) is 0 Å². The summed E-state index contributed by atoms with van der Waals surface area (Å²) >= 11 is 4.34. The highest BCUT2D eigenvalue weighted by molar-refractivity contribution is 9.10. The maximum atomic E-state index is 11.8. The first kappa shape index (κ1) is 14.3. The highest BCUT2D eigenvalue weighted by Gasteiger charge is 2.18. The van der Waals surface area contributed by atoms with Crippen molar-refractivity contribution >= 4 is 48.1 Å². The summed E-state index contributed by atoms with van der Waals surface area (Å²) in [6, 6.07) is 1.69. The first-order valence-electron chi connectivity index (χ1n) is 4.46. The van der Waals surface area contributed by atoms with Gasteiger partial charge in [-0.05, 0) is 33.8 Å². The Bertz CT molecular complexity index is 469. The van der Waals surface area contributed by atoms with Crippen LogP contribution in [0.15, 0.2) is 20.1 Å². The Morgan fingerprint density at radius 2 is 2.25 bits per heavy atom. The SMILES string of the molecule is CS(=O)CCCNS(=O)(=O)c1sccc1Br. The van der Waals surface area contributed by atoms with Gasteiger partial charge in [0.25, 0.3) is 10.0 Å². The Morgan fingerprint density at radius 3 is 2.75 bits per heavy atom. The molecule has 0 amide bonds. The van der Waals surface area contributed by atoms with Crippen LogP contribution in [0.2, 0.25) is 0 Å². The van der Waals surface area contributed by atoms with E-state index in [9.17, 15) is 12.6 Å². The van der Waals surface area contributed by atoms with Gasteiger partial charge in [-0.1, -0.05) is 0 Å². The van der Waals surface area contributed by atoms with Crippen LogP contribution in [-0.4, -0.2) is 31.2 Å². The van der Waals surface area contributed by atoms with Crippen LogP contribution in [0.1, 0.15) is 6.42 Å². The molecule has 1 N–H and O–H groups in total. The van der Waals surface area contributed by atoms with Crippen LogP contribution in [0.25, 0.3) is 0 Å². The second-order valence-electron chi connectivity index (χ2n) is 3.08. The molecule has 1 aromatic heterocycles. The zero-order valence-corrected chi connectivity index (χ0v) is 12.6. The first-order valence-corrected chi connectivity index (χ1v) is 9.34. The average molecular weight is 346 g/mol. The van der Waals surface area contributed by atoms with E-state index >= 15 is 0 Å². The summed E-state index contributed by atoms with van der Waals surface area (Å²) in [7, 11) is -4.30. The number of hydrogen-bond acceptors (Lipinski definition) is 4. The molecule has 0 saturated heterocycles. The Kier molecular flexibility index (Phi) is 5.58. The van der Waals surface area contributed by atoms with Gasteiger partial charge in [0.05, 0.1) is 0 Å². The molecule has 1 unspecified atom stereocenters. The predicted molar refractivity (Wildman–Crippen MR) is 70.8 cm³/mol. The molecule has 1 aromatic rings. The molecule has 4 nitrogen and oxygen atoms in total. The maximum Gasteiger partial charge on any atom is 0.251 e. The topological polar surface area (TPSA) is 63.2 Å². The Morgan fingerprint density at radius 1 is 1.56 bits per heavy atom. The number of rotatable bonds is 6. The number of hydrogen-bond donors (Lipinski definition) is 1. The van der Waals surface area contributed by atoms with E-state index in [0.29, 0.717) is 23.2 Å². The van der Waals surface area contributed by atoms with Crippen molar-refractivity contribution in [1.29, 1.82) is 0 Å². The van der Waals surface area contributed by atoms with E-state index in [-0.39, 0.29) is 4.21 Å². The van der Waals surface area contributed by atoms with Gasteiger partial charge in [0.1, 0.15) is 4.21 Å². The van der Waals surface area contributed by atoms with Crippen molar-refractivity contribution in [2.75, 3.05) is 18.6 Å². The number of thiophene rings is 1. The Balaban J connectivity index is 2.54. The molecule has 0 bridgehead atoms. The molecule has 0 aliphatic rings. The summed E-state index contributed by atoms with van der Waals surface area (Å²) in [5, 5.41) is 1.71. The zero-order chi connectivity index (χ0) is 12.2. The quantitative estimate of drug-likeness (QED) is 0.795. The lowest BCUT2D eigenvalue weighted by Crippen LogP contribution is -2.25. The lowest BCUT2D eigenvalue weighted by Gasteiger charge is -2.04. The smallest absolute Gasteiger partial charge is 0.251 e. The van der Waals surface area contributed by atoms with Crippen LogP contribution in [-0.2, 0) is 20.8 Å². The fourth-order valence-electron chi connectivity index (χ4n) is 1.02. The Hall–Kier alpha value is 0.240. The van der Waals surface area contributed by atoms with Gasteiger partial charge in [0, 0.05) is 33.8 Å². The third-order valence-corrected chi connectivity index (χ3v) is 6.72. The van der Waals surface area contributed by atoms with Crippen LogP contribution in [0.5, 0.6) is 0 Å². The molecular weight excluding hydrogens is 334 g/mol. The minimum absolute atomic E-state index is 0.283. The molecule has 8 heteroatoms. The number of nitrogens with one attached hydrogen (secondary N) is 1. The average Bonchev–Trinajstić information content (AvgIpc) is 2.59. The van der Waals surface area contributed by atoms with Gasteiger partial charge in [-0.3, -0.25) is 4.21 Å². The molecule has 0 radical (unpaired) electrons. The molecule has 92 valence electrons. The van der Waals surface area contributed by atoms with Crippen LogP contribution in [0, 0.1) is 0 Å². The Labute approximate surface area is 110 Å². The summed E-state index contributed by atoms with van der Waals surface area (Å²) in [5.74, 6) is 0.508. The molecular formula is C8H12BrNO3S3. The molecule has 1 atom stereocenters. The third-order valence-electron chi connectivity index (χ3n) is 1.73. The monoisotopic (exact) mass is 345 g/mol.